The molecular weight excluding hydrogens is 452 g/mol. The molecule has 0 fully saturated rings. The topological polar surface area (TPSA) is 123 Å². The van der Waals surface area contributed by atoms with Gasteiger partial charge in [-0.15, -0.1) is 0 Å². The molecule has 0 spiro atoms. The molecule has 2 aromatic rings. The normalized spacial score (nSPS) is 12.2. The standard InChI is InChI=1S/C23H27ClN2O7/c1-31-20-9-8-16(10-18(20)24)11-19(22(29)32-2)26-21(28)12-17(27)13-25-23(30)33-14-15-6-4-3-5-7-15/h3-10,17,19,27H,11-14H2,1-2H3,(H,25,30)(H,26,28)/t17-,19-/m0/s1. The Bertz CT molecular complexity index is 940. The number of carbonyl (C=O) groups excluding carboxylic acids is 3. The number of alkyl carbamates (subject to hydrolysis) is 1. The molecule has 178 valence electrons. The van der Waals surface area contributed by atoms with Crippen LogP contribution < -0.4 is 15.4 Å². The fourth-order valence-electron chi connectivity index (χ4n) is 2.92. The smallest absolute Gasteiger partial charge is 0.407 e. The molecule has 2 rings (SSSR count). The molecule has 10 heteroatoms. The van der Waals surface area contributed by atoms with Gasteiger partial charge in [-0.1, -0.05) is 48.0 Å². The fourth-order valence-corrected chi connectivity index (χ4v) is 3.20. The number of benzene rings is 2. The molecule has 9 nitrogen and oxygen atoms in total. The molecule has 2 aromatic carbocycles. The van der Waals surface area contributed by atoms with Gasteiger partial charge in [0.05, 0.1) is 31.8 Å². The highest BCUT2D eigenvalue weighted by Gasteiger charge is 2.24. The maximum Gasteiger partial charge on any atom is 0.407 e. The molecule has 0 aliphatic heterocycles. The van der Waals surface area contributed by atoms with E-state index in [1.54, 1.807) is 18.2 Å². The summed E-state index contributed by atoms with van der Waals surface area (Å²) in [5.41, 5.74) is 1.50. The quantitative estimate of drug-likeness (QED) is 0.423. The molecule has 3 N–H and O–H groups in total. The monoisotopic (exact) mass is 478 g/mol. The van der Waals surface area contributed by atoms with Gasteiger partial charge in [0.1, 0.15) is 18.4 Å². The van der Waals surface area contributed by atoms with Gasteiger partial charge in [-0.2, -0.15) is 0 Å². The molecule has 0 unspecified atom stereocenters. The summed E-state index contributed by atoms with van der Waals surface area (Å²) in [6.45, 7) is -0.114. The molecular formula is C23H27ClN2O7. The Kier molecular flexibility index (Phi) is 10.5. The van der Waals surface area contributed by atoms with Gasteiger partial charge in [0.15, 0.2) is 0 Å². The summed E-state index contributed by atoms with van der Waals surface area (Å²) in [4.78, 5) is 36.2. The molecule has 2 atom stereocenters. The van der Waals surface area contributed by atoms with Crippen LogP contribution in [0.1, 0.15) is 17.5 Å². The zero-order valence-corrected chi connectivity index (χ0v) is 19.1. The molecule has 0 radical (unpaired) electrons. The van der Waals surface area contributed by atoms with E-state index in [4.69, 9.17) is 25.8 Å². The van der Waals surface area contributed by atoms with Crippen LogP contribution >= 0.6 is 11.6 Å². The molecule has 2 amide bonds. The van der Waals surface area contributed by atoms with E-state index in [0.717, 1.165) is 5.56 Å². The Balaban J connectivity index is 1.81. The highest BCUT2D eigenvalue weighted by molar-refractivity contribution is 6.32. The van der Waals surface area contributed by atoms with Gasteiger partial charge in [0, 0.05) is 13.0 Å². The first-order valence-corrected chi connectivity index (χ1v) is 10.5. The minimum Gasteiger partial charge on any atom is -0.495 e. The van der Waals surface area contributed by atoms with Gasteiger partial charge in [-0.05, 0) is 23.3 Å². The lowest BCUT2D eigenvalue weighted by atomic mass is 10.1. The van der Waals surface area contributed by atoms with Crippen molar-refractivity contribution in [2.45, 2.75) is 31.6 Å². The number of aliphatic hydroxyl groups excluding tert-OH is 1. The number of ether oxygens (including phenoxy) is 3. The first kappa shape index (κ1) is 26.0. The zero-order chi connectivity index (χ0) is 24.2. The van der Waals surface area contributed by atoms with E-state index in [2.05, 4.69) is 10.6 Å². The summed E-state index contributed by atoms with van der Waals surface area (Å²) < 4.78 is 14.9. The van der Waals surface area contributed by atoms with Crippen molar-refractivity contribution in [3.8, 4) is 5.75 Å². The molecule has 33 heavy (non-hydrogen) atoms. The van der Waals surface area contributed by atoms with Crippen LogP contribution in [0.25, 0.3) is 0 Å². The van der Waals surface area contributed by atoms with Crippen LogP contribution in [0, 0.1) is 0 Å². The average molecular weight is 479 g/mol. The fraction of sp³-hybridized carbons (Fsp3) is 0.348. The van der Waals surface area contributed by atoms with Crippen LogP contribution in [0.15, 0.2) is 48.5 Å². The number of carbonyl (C=O) groups is 3. The largest absolute Gasteiger partial charge is 0.495 e. The third kappa shape index (κ3) is 8.99. The van der Waals surface area contributed by atoms with Gasteiger partial charge in [0.25, 0.3) is 0 Å². The molecule has 0 saturated carbocycles. The van der Waals surface area contributed by atoms with E-state index in [1.807, 2.05) is 30.3 Å². The lowest BCUT2D eigenvalue weighted by Crippen LogP contribution is -2.45. The van der Waals surface area contributed by atoms with Gasteiger partial charge < -0.3 is 30.0 Å². The van der Waals surface area contributed by atoms with Gasteiger partial charge in [0.2, 0.25) is 5.91 Å². The first-order valence-electron chi connectivity index (χ1n) is 10.1. The lowest BCUT2D eigenvalue weighted by molar-refractivity contribution is -0.145. The molecule has 0 aliphatic rings. The number of amides is 2. The second kappa shape index (κ2) is 13.3. The molecule has 0 aliphatic carbocycles. The summed E-state index contributed by atoms with van der Waals surface area (Å²) in [5, 5.41) is 15.4. The van der Waals surface area contributed by atoms with Crippen molar-refractivity contribution >= 4 is 29.6 Å². The van der Waals surface area contributed by atoms with E-state index in [9.17, 15) is 19.5 Å². The minimum absolute atomic E-state index is 0.0828. The second-order valence-electron chi connectivity index (χ2n) is 7.12. The Hall–Kier alpha value is -3.30. The third-order valence-corrected chi connectivity index (χ3v) is 4.89. The number of hydrogen-bond donors (Lipinski definition) is 3. The molecule has 0 saturated heterocycles. The summed E-state index contributed by atoms with van der Waals surface area (Å²) >= 11 is 6.11. The van der Waals surface area contributed by atoms with Crippen LogP contribution in [0.2, 0.25) is 5.02 Å². The Morgan fingerprint density at radius 1 is 1.06 bits per heavy atom. The predicted molar refractivity (Wildman–Crippen MR) is 121 cm³/mol. The Morgan fingerprint density at radius 2 is 1.79 bits per heavy atom. The SMILES string of the molecule is COC(=O)[C@H](Cc1ccc(OC)c(Cl)c1)NC(=O)C[C@H](O)CNC(=O)OCc1ccccc1. The van der Waals surface area contributed by atoms with Crippen molar-refractivity contribution in [1.82, 2.24) is 10.6 Å². The van der Waals surface area contributed by atoms with Crippen LogP contribution in [0.3, 0.4) is 0 Å². The van der Waals surface area contributed by atoms with Gasteiger partial charge in [-0.3, -0.25) is 4.79 Å². The van der Waals surface area contributed by atoms with Crippen LogP contribution in [-0.2, 0) is 32.1 Å². The van der Waals surface area contributed by atoms with Crippen molar-refractivity contribution in [2.24, 2.45) is 0 Å². The summed E-state index contributed by atoms with van der Waals surface area (Å²) in [5.74, 6) is -0.749. The first-order chi connectivity index (χ1) is 15.8. The highest BCUT2D eigenvalue weighted by Crippen LogP contribution is 2.25. The number of rotatable bonds is 11. The third-order valence-electron chi connectivity index (χ3n) is 4.59. The van der Waals surface area contributed by atoms with Crippen molar-refractivity contribution in [1.29, 1.82) is 0 Å². The Morgan fingerprint density at radius 3 is 2.42 bits per heavy atom. The van der Waals surface area contributed by atoms with E-state index < -0.39 is 30.1 Å². The Labute approximate surface area is 197 Å². The van der Waals surface area contributed by atoms with E-state index in [0.29, 0.717) is 16.3 Å². The van der Waals surface area contributed by atoms with Crippen molar-refractivity contribution in [3.63, 3.8) is 0 Å². The summed E-state index contributed by atoms with van der Waals surface area (Å²) in [6, 6.07) is 13.1. The number of esters is 1. The van der Waals surface area contributed by atoms with E-state index in [-0.39, 0.29) is 26.0 Å². The van der Waals surface area contributed by atoms with Crippen LogP contribution in [0.5, 0.6) is 5.75 Å². The van der Waals surface area contributed by atoms with E-state index >= 15 is 0 Å². The maximum absolute atomic E-state index is 12.3. The zero-order valence-electron chi connectivity index (χ0n) is 18.4. The number of methoxy groups -OCH3 is 2. The minimum atomic E-state index is -1.18. The number of halogens is 1. The number of hydrogen-bond acceptors (Lipinski definition) is 7. The van der Waals surface area contributed by atoms with Gasteiger partial charge >= 0.3 is 12.1 Å². The van der Waals surface area contributed by atoms with Crippen LogP contribution in [-0.4, -0.2) is 56.0 Å². The van der Waals surface area contributed by atoms with E-state index in [1.165, 1.54) is 14.2 Å². The number of aliphatic hydroxyl groups is 1. The van der Waals surface area contributed by atoms with Crippen molar-refractivity contribution in [3.05, 3.63) is 64.7 Å². The predicted octanol–water partition coefficient (Wildman–Crippen LogP) is 2.23. The number of nitrogens with one attached hydrogen (secondary N) is 2. The average Bonchev–Trinajstić information content (AvgIpc) is 2.81. The van der Waals surface area contributed by atoms with Crippen molar-refractivity contribution in [2.75, 3.05) is 20.8 Å². The molecule has 0 aromatic heterocycles. The lowest BCUT2D eigenvalue weighted by Gasteiger charge is -2.18. The van der Waals surface area contributed by atoms with Crippen molar-refractivity contribution < 1.29 is 33.7 Å². The maximum atomic E-state index is 12.3. The van der Waals surface area contributed by atoms with Crippen LogP contribution in [0.4, 0.5) is 4.79 Å². The molecule has 0 heterocycles. The summed E-state index contributed by atoms with van der Waals surface area (Å²) in [6.07, 6.45) is -2.11. The summed E-state index contributed by atoms with van der Waals surface area (Å²) in [7, 11) is 2.70. The second-order valence-corrected chi connectivity index (χ2v) is 7.52. The van der Waals surface area contributed by atoms with Gasteiger partial charge in [-0.25, -0.2) is 9.59 Å². The molecule has 0 bridgehead atoms. The highest BCUT2D eigenvalue weighted by atomic mass is 35.5.